The first kappa shape index (κ1) is 30.8. The Morgan fingerprint density at radius 2 is 1.03 bits per heavy atom. The van der Waals surface area contributed by atoms with E-state index >= 15 is 0 Å². The van der Waals surface area contributed by atoms with Crippen molar-refractivity contribution >= 4 is 0 Å². The van der Waals surface area contributed by atoms with Gasteiger partial charge < -0.3 is 20.3 Å². The van der Waals surface area contributed by atoms with Crippen molar-refractivity contribution in [2.45, 2.75) is 155 Å². The molecule has 0 bridgehead atoms. The fourth-order valence-corrected chi connectivity index (χ4v) is 4.18. The van der Waals surface area contributed by atoms with Gasteiger partial charge >= 0.3 is 0 Å². The van der Waals surface area contributed by atoms with Crippen molar-refractivity contribution in [1.29, 1.82) is 0 Å². The van der Waals surface area contributed by atoms with E-state index in [0.717, 1.165) is 38.6 Å². The Bertz CT molecular complexity index is 312. The van der Waals surface area contributed by atoms with Crippen molar-refractivity contribution < 1.29 is 14.9 Å². The van der Waals surface area contributed by atoms with Crippen LogP contribution in [0.2, 0.25) is 0 Å². The van der Waals surface area contributed by atoms with Crippen molar-refractivity contribution in [3.05, 3.63) is 0 Å². The van der Waals surface area contributed by atoms with Gasteiger partial charge in [0.1, 0.15) is 0 Å². The van der Waals surface area contributed by atoms with E-state index in [0.29, 0.717) is 6.54 Å². The van der Waals surface area contributed by atoms with E-state index in [4.69, 9.17) is 9.84 Å². The molecule has 31 heavy (non-hydrogen) atoms. The zero-order valence-corrected chi connectivity index (χ0v) is 21.2. The molecule has 0 aliphatic rings. The second kappa shape index (κ2) is 26.1. The molecule has 0 amide bonds. The summed E-state index contributed by atoms with van der Waals surface area (Å²) in [5.74, 6) is 0. The van der Waals surface area contributed by atoms with Crippen LogP contribution in [0, 0.1) is 0 Å². The van der Waals surface area contributed by atoms with Crippen LogP contribution < -0.4 is 5.32 Å². The van der Waals surface area contributed by atoms with E-state index in [-0.39, 0.29) is 12.7 Å². The summed E-state index contributed by atoms with van der Waals surface area (Å²) in [7, 11) is 0. The first-order valence-electron chi connectivity index (χ1n) is 13.9. The monoisotopic (exact) mass is 443 g/mol. The molecule has 4 heteroatoms. The Balaban J connectivity index is 3.92. The quantitative estimate of drug-likeness (QED) is 0.0984. The van der Waals surface area contributed by atoms with Crippen molar-refractivity contribution in [2.24, 2.45) is 0 Å². The van der Waals surface area contributed by atoms with Crippen LogP contribution in [0.4, 0.5) is 0 Å². The molecule has 3 N–H and O–H groups in total. The molecule has 188 valence electrons. The smallest absolute Gasteiger partial charge is 0.154 e. The largest absolute Gasteiger partial charge is 0.395 e. The molecular weight excluding hydrogens is 386 g/mol. The standard InChI is InChI=1S/C27H57NO3/c1-3-5-7-9-12-16-20-26(21-17-13-10-8-6-4-2)31-27(30)22-18-14-11-15-19-23-28-24-25-29/h26-30H,3-25H2,1-2H3. The molecule has 0 radical (unpaired) electrons. The first-order valence-corrected chi connectivity index (χ1v) is 13.9. The third-order valence-corrected chi connectivity index (χ3v) is 6.20. The lowest BCUT2D eigenvalue weighted by Gasteiger charge is -2.22. The summed E-state index contributed by atoms with van der Waals surface area (Å²) in [5, 5.41) is 22.4. The number of aliphatic hydroxyl groups excluding tert-OH is 2. The van der Waals surface area contributed by atoms with Crippen molar-refractivity contribution in [2.75, 3.05) is 19.7 Å². The molecular formula is C27H57NO3. The van der Waals surface area contributed by atoms with Gasteiger partial charge in [0, 0.05) is 6.54 Å². The molecule has 0 rings (SSSR count). The van der Waals surface area contributed by atoms with Crippen LogP contribution in [0.15, 0.2) is 0 Å². The second-order valence-electron chi connectivity index (χ2n) is 9.36. The van der Waals surface area contributed by atoms with Gasteiger partial charge in [-0.25, -0.2) is 0 Å². The van der Waals surface area contributed by atoms with Gasteiger partial charge in [-0.2, -0.15) is 0 Å². The molecule has 0 saturated heterocycles. The van der Waals surface area contributed by atoms with Crippen molar-refractivity contribution in [1.82, 2.24) is 5.32 Å². The second-order valence-corrected chi connectivity index (χ2v) is 9.36. The summed E-state index contributed by atoms with van der Waals surface area (Å²) in [4.78, 5) is 0. The summed E-state index contributed by atoms with van der Waals surface area (Å²) in [6.45, 7) is 6.44. The van der Waals surface area contributed by atoms with Gasteiger partial charge in [0.15, 0.2) is 6.29 Å². The fourth-order valence-electron chi connectivity index (χ4n) is 4.18. The van der Waals surface area contributed by atoms with Crippen LogP contribution in [0.3, 0.4) is 0 Å². The fraction of sp³-hybridized carbons (Fsp3) is 1.00. The molecule has 1 unspecified atom stereocenters. The zero-order valence-electron chi connectivity index (χ0n) is 21.2. The normalized spacial score (nSPS) is 12.7. The third kappa shape index (κ3) is 24.3. The first-order chi connectivity index (χ1) is 15.2. The van der Waals surface area contributed by atoms with Gasteiger partial charge in [0.2, 0.25) is 0 Å². The van der Waals surface area contributed by atoms with Gasteiger partial charge in [-0.05, 0) is 38.6 Å². The van der Waals surface area contributed by atoms with Crippen molar-refractivity contribution in [3.8, 4) is 0 Å². The minimum atomic E-state index is -0.587. The summed E-state index contributed by atoms with van der Waals surface area (Å²) >= 11 is 0. The van der Waals surface area contributed by atoms with Gasteiger partial charge in [0.05, 0.1) is 12.7 Å². The van der Waals surface area contributed by atoms with Crippen LogP contribution in [-0.4, -0.2) is 42.3 Å². The summed E-state index contributed by atoms with van der Waals surface area (Å²) in [6.07, 6.45) is 24.3. The van der Waals surface area contributed by atoms with Gasteiger partial charge in [-0.1, -0.05) is 110 Å². The lowest BCUT2D eigenvalue weighted by atomic mass is 10.0. The van der Waals surface area contributed by atoms with Gasteiger partial charge in [-0.3, -0.25) is 0 Å². The molecule has 0 fully saturated rings. The summed E-state index contributed by atoms with van der Waals surface area (Å²) < 4.78 is 6.10. The molecule has 0 aromatic rings. The van der Waals surface area contributed by atoms with E-state index in [1.54, 1.807) is 0 Å². The molecule has 0 heterocycles. The number of nitrogens with one attached hydrogen (secondary N) is 1. The maximum atomic E-state index is 10.4. The molecule has 0 aliphatic heterocycles. The van der Waals surface area contributed by atoms with E-state index in [1.165, 1.54) is 96.3 Å². The van der Waals surface area contributed by atoms with Crippen LogP contribution in [0.5, 0.6) is 0 Å². The highest BCUT2D eigenvalue weighted by Gasteiger charge is 2.14. The SMILES string of the molecule is CCCCCCCCC(CCCCCCCC)OC(O)CCCCCCCNCCO. The highest BCUT2D eigenvalue weighted by atomic mass is 16.6. The molecule has 1 atom stereocenters. The lowest BCUT2D eigenvalue weighted by Crippen LogP contribution is -2.22. The third-order valence-electron chi connectivity index (χ3n) is 6.20. The Morgan fingerprint density at radius 1 is 0.581 bits per heavy atom. The highest BCUT2D eigenvalue weighted by molar-refractivity contribution is 4.62. The van der Waals surface area contributed by atoms with E-state index in [1.807, 2.05) is 0 Å². The van der Waals surface area contributed by atoms with E-state index in [9.17, 15) is 5.11 Å². The summed E-state index contributed by atoms with van der Waals surface area (Å²) in [6, 6.07) is 0. The maximum Gasteiger partial charge on any atom is 0.154 e. The number of ether oxygens (including phenoxy) is 1. The molecule has 0 aromatic carbocycles. The Labute approximate surface area is 194 Å². The Kier molecular flexibility index (Phi) is 26.0. The lowest BCUT2D eigenvalue weighted by molar-refractivity contribution is -0.144. The highest BCUT2D eigenvalue weighted by Crippen LogP contribution is 2.19. The van der Waals surface area contributed by atoms with Crippen LogP contribution in [0.25, 0.3) is 0 Å². The van der Waals surface area contributed by atoms with Crippen LogP contribution >= 0.6 is 0 Å². The molecule has 0 aliphatic carbocycles. The average Bonchev–Trinajstić information content (AvgIpc) is 2.77. The number of aliphatic hydroxyl groups is 2. The topological polar surface area (TPSA) is 61.7 Å². The van der Waals surface area contributed by atoms with E-state index in [2.05, 4.69) is 19.2 Å². The van der Waals surface area contributed by atoms with Gasteiger partial charge in [-0.15, -0.1) is 0 Å². The predicted octanol–water partition coefficient (Wildman–Crippen LogP) is 7.11. The minimum Gasteiger partial charge on any atom is -0.395 e. The van der Waals surface area contributed by atoms with Crippen LogP contribution in [0.1, 0.15) is 142 Å². The predicted molar refractivity (Wildman–Crippen MR) is 135 cm³/mol. The van der Waals surface area contributed by atoms with Crippen LogP contribution in [-0.2, 0) is 4.74 Å². The minimum absolute atomic E-state index is 0.219. The number of hydrogen-bond donors (Lipinski definition) is 3. The zero-order chi connectivity index (χ0) is 22.8. The Morgan fingerprint density at radius 3 is 1.55 bits per heavy atom. The summed E-state index contributed by atoms with van der Waals surface area (Å²) in [5.41, 5.74) is 0. The number of rotatable bonds is 26. The molecule has 0 saturated carbocycles. The molecule has 0 spiro atoms. The maximum absolute atomic E-state index is 10.4. The van der Waals surface area contributed by atoms with Gasteiger partial charge in [0.25, 0.3) is 0 Å². The number of unbranched alkanes of at least 4 members (excludes halogenated alkanes) is 14. The van der Waals surface area contributed by atoms with Crippen molar-refractivity contribution in [3.63, 3.8) is 0 Å². The molecule has 0 aromatic heterocycles. The van der Waals surface area contributed by atoms with E-state index < -0.39 is 6.29 Å². The Hall–Kier alpha value is -0.160. The molecule has 4 nitrogen and oxygen atoms in total. The number of hydrogen-bond acceptors (Lipinski definition) is 4. The average molecular weight is 444 g/mol.